The number of imide groups is 1. The van der Waals surface area contributed by atoms with Crippen molar-refractivity contribution in [1.29, 1.82) is 0 Å². The molecule has 0 aromatic heterocycles. The summed E-state index contributed by atoms with van der Waals surface area (Å²) in [6.45, 7) is 2.05. The molecule has 5 heteroatoms. The minimum Gasteiger partial charge on any atom is -0.279 e. The number of alkyl halides is 2. The molecule has 2 amide bonds. The summed E-state index contributed by atoms with van der Waals surface area (Å²) in [6.07, 6.45) is 6.56. The van der Waals surface area contributed by atoms with Crippen molar-refractivity contribution in [2.75, 3.05) is 0 Å². The Morgan fingerprint density at radius 3 is 2.43 bits per heavy atom. The van der Waals surface area contributed by atoms with E-state index in [1.165, 1.54) is 6.42 Å². The maximum absolute atomic E-state index is 13.1. The zero-order chi connectivity index (χ0) is 14.9. The van der Waals surface area contributed by atoms with Gasteiger partial charge >= 0.3 is 0 Å². The molecule has 116 valence electrons. The lowest BCUT2D eigenvalue weighted by molar-refractivity contribution is -0.145. The van der Waals surface area contributed by atoms with Crippen molar-refractivity contribution in [1.82, 2.24) is 4.90 Å². The molecule has 1 heterocycles. The molecule has 1 saturated heterocycles. The SMILES string of the molecule is C[C@@]12C(=O)N(C3CCCCC3)C(=O)[C@H]1[C@@H]1C[C@@H]2[C@H](Br)[C@@H]1Br. The summed E-state index contributed by atoms with van der Waals surface area (Å²) in [5, 5.41) is 0. The van der Waals surface area contributed by atoms with Crippen LogP contribution < -0.4 is 0 Å². The summed E-state index contributed by atoms with van der Waals surface area (Å²) in [6, 6.07) is 0.170. The fraction of sp³-hybridized carbons (Fsp3) is 0.875. The Balaban J connectivity index is 1.70. The van der Waals surface area contributed by atoms with Gasteiger partial charge in [0.25, 0.3) is 0 Å². The molecule has 21 heavy (non-hydrogen) atoms. The molecule has 6 atom stereocenters. The second-order valence-electron chi connectivity index (χ2n) is 7.46. The van der Waals surface area contributed by atoms with Gasteiger partial charge in [0, 0.05) is 15.7 Å². The Kier molecular flexibility index (Phi) is 3.35. The van der Waals surface area contributed by atoms with Gasteiger partial charge in [-0.2, -0.15) is 0 Å². The minimum absolute atomic E-state index is 0.0879. The second-order valence-corrected chi connectivity index (χ2v) is 9.58. The Morgan fingerprint density at radius 1 is 1.10 bits per heavy atom. The van der Waals surface area contributed by atoms with Crippen LogP contribution in [0, 0.1) is 23.2 Å². The van der Waals surface area contributed by atoms with Crippen LogP contribution in [0.15, 0.2) is 0 Å². The molecule has 3 aliphatic carbocycles. The number of fused-ring (bicyclic) bond motifs is 5. The summed E-state index contributed by atoms with van der Waals surface area (Å²) in [4.78, 5) is 28.5. The van der Waals surface area contributed by atoms with Crippen molar-refractivity contribution in [2.24, 2.45) is 23.2 Å². The predicted octanol–water partition coefficient (Wildman–Crippen LogP) is 3.49. The molecule has 1 aliphatic heterocycles. The predicted molar refractivity (Wildman–Crippen MR) is 87.4 cm³/mol. The molecule has 0 aromatic rings. The van der Waals surface area contributed by atoms with Crippen molar-refractivity contribution < 1.29 is 9.59 Å². The van der Waals surface area contributed by atoms with Gasteiger partial charge in [-0.3, -0.25) is 14.5 Å². The Labute approximate surface area is 142 Å². The van der Waals surface area contributed by atoms with E-state index in [1.54, 1.807) is 4.90 Å². The van der Waals surface area contributed by atoms with Gasteiger partial charge in [-0.15, -0.1) is 0 Å². The monoisotopic (exact) mass is 417 g/mol. The summed E-state index contributed by atoms with van der Waals surface area (Å²) >= 11 is 7.52. The third kappa shape index (κ3) is 1.71. The first-order chi connectivity index (χ1) is 9.98. The van der Waals surface area contributed by atoms with E-state index >= 15 is 0 Å². The normalized spacial score (nSPS) is 50.0. The lowest BCUT2D eigenvalue weighted by Gasteiger charge is -2.37. The lowest BCUT2D eigenvalue weighted by atomic mass is 9.69. The van der Waals surface area contributed by atoms with Crippen LogP contribution in [0.25, 0.3) is 0 Å². The molecule has 4 aliphatic rings. The van der Waals surface area contributed by atoms with Crippen LogP contribution in [0.4, 0.5) is 0 Å². The van der Waals surface area contributed by atoms with E-state index in [0.29, 0.717) is 21.5 Å². The fourth-order valence-corrected chi connectivity index (χ4v) is 7.55. The molecule has 0 unspecified atom stereocenters. The molecule has 0 aromatic carbocycles. The smallest absolute Gasteiger partial charge is 0.236 e. The van der Waals surface area contributed by atoms with Crippen LogP contribution in [0.1, 0.15) is 45.4 Å². The van der Waals surface area contributed by atoms with Crippen molar-refractivity contribution in [2.45, 2.75) is 61.1 Å². The van der Waals surface area contributed by atoms with E-state index in [9.17, 15) is 9.59 Å². The molecule has 0 spiro atoms. The first kappa shape index (κ1) is 14.7. The lowest BCUT2D eigenvalue weighted by Crippen LogP contribution is -2.46. The van der Waals surface area contributed by atoms with E-state index < -0.39 is 5.41 Å². The maximum Gasteiger partial charge on any atom is 0.236 e. The van der Waals surface area contributed by atoms with E-state index in [2.05, 4.69) is 38.8 Å². The Morgan fingerprint density at radius 2 is 1.76 bits per heavy atom. The minimum atomic E-state index is -0.461. The zero-order valence-electron chi connectivity index (χ0n) is 12.2. The molecule has 0 radical (unpaired) electrons. The number of amides is 2. The van der Waals surface area contributed by atoms with Gasteiger partial charge < -0.3 is 0 Å². The van der Waals surface area contributed by atoms with Gasteiger partial charge in [0.15, 0.2) is 0 Å². The highest BCUT2D eigenvalue weighted by molar-refractivity contribution is 9.12. The third-order valence-corrected chi connectivity index (χ3v) is 9.76. The highest BCUT2D eigenvalue weighted by Gasteiger charge is 2.73. The molecule has 3 nitrogen and oxygen atoms in total. The highest BCUT2D eigenvalue weighted by Crippen LogP contribution is 2.66. The van der Waals surface area contributed by atoms with Gasteiger partial charge in [0.2, 0.25) is 11.8 Å². The van der Waals surface area contributed by atoms with Crippen LogP contribution in [-0.2, 0) is 9.59 Å². The van der Waals surface area contributed by atoms with Crippen molar-refractivity contribution in [3.8, 4) is 0 Å². The number of halogens is 2. The van der Waals surface area contributed by atoms with E-state index in [4.69, 9.17) is 0 Å². The topological polar surface area (TPSA) is 37.4 Å². The number of hydrogen-bond donors (Lipinski definition) is 0. The number of nitrogens with zero attached hydrogens (tertiary/aromatic N) is 1. The standard InChI is InChI=1S/C16H21Br2NO2/c1-16-10-7-9(12(17)13(10)18)11(16)14(20)19(15(16)21)8-5-3-2-4-6-8/h8-13H,2-7H2,1H3/t9-,10+,11+,12+,13-,16-/m0/s1. The van der Waals surface area contributed by atoms with Gasteiger partial charge in [-0.25, -0.2) is 0 Å². The van der Waals surface area contributed by atoms with Crippen LogP contribution in [0.5, 0.6) is 0 Å². The molecule has 4 rings (SSSR count). The Bertz CT molecular complexity index is 505. The second kappa shape index (κ2) is 4.80. The number of carbonyl (C=O) groups excluding carboxylic acids is 2. The molecule has 2 bridgehead atoms. The molecular formula is C16H21Br2NO2. The number of carbonyl (C=O) groups is 2. The van der Waals surface area contributed by atoms with E-state index in [0.717, 1.165) is 32.1 Å². The quantitative estimate of drug-likeness (QED) is 0.482. The van der Waals surface area contributed by atoms with Crippen LogP contribution in [0.3, 0.4) is 0 Å². The van der Waals surface area contributed by atoms with Crippen LogP contribution in [0.2, 0.25) is 0 Å². The van der Waals surface area contributed by atoms with Gasteiger partial charge in [0.05, 0.1) is 11.3 Å². The van der Waals surface area contributed by atoms with Gasteiger partial charge in [-0.1, -0.05) is 51.1 Å². The highest BCUT2D eigenvalue weighted by atomic mass is 79.9. The zero-order valence-corrected chi connectivity index (χ0v) is 15.4. The molecule has 4 fully saturated rings. The first-order valence-corrected chi connectivity index (χ1v) is 9.96. The van der Waals surface area contributed by atoms with E-state index in [-0.39, 0.29) is 23.8 Å². The first-order valence-electron chi connectivity index (χ1n) is 8.13. The average molecular weight is 419 g/mol. The van der Waals surface area contributed by atoms with Gasteiger partial charge in [0.1, 0.15) is 0 Å². The van der Waals surface area contributed by atoms with Crippen molar-refractivity contribution >= 4 is 43.7 Å². The molecule has 3 saturated carbocycles. The van der Waals surface area contributed by atoms with E-state index in [1.807, 2.05) is 0 Å². The third-order valence-electron chi connectivity index (χ3n) is 6.59. The number of likely N-dealkylation sites (tertiary alicyclic amines) is 1. The van der Waals surface area contributed by atoms with Crippen molar-refractivity contribution in [3.05, 3.63) is 0 Å². The maximum atomic E-state index is 13.1. The van der Waals surface area contributed by atoms with Crippen LogP contribution in [-0.4, -0.2) is 32.4 Å². The van der Waals surface area contributed by atoms with Gasteiger partial charge in [-0.05, 0) is 38.0 Å². The summed E-state index contributed by atoms with van der Waals surface area (Å²) in [5.74, 6) is 0.776. The largest absolute Gasteiger partial charge is 0.279 e. The molecular weight excluding hydrogens is 398 g/mol. The summed E-state index contributed by atoms with van der Waals surface area (Å²) in [7, 11) is 0. The number of rotatable bonds is 1. The Hall–Kier alpha value is 0.1000. The molecule has 0 N–H and O–H groups in total. The average Bonchev–Trinajstić information content (AvgIpc) is 3.01. The summed E-state index contributed by atoms with van der Waals surface area (Å²) < 4.78 is 0. The van der Waals surface area contributed by atoms with Crippen molar-refractivity contribution in [3.63, 3.8) is 0 Å². The number of hydrogen-bond acceptors (Lipinski definition) is 2. The summed E-state index contributed by atoms with van der Waals surface area (Å²) in [5.41, 5.74) is -0.461. The fourth-order valence-electron chi connectivity index (χ4n) is 5.51. The van der Waals surface area contributed by atoms with Crippen LogP contribution >= 0.6 is 31.9 Å².